The summed E-state index contributed by atoms with van der Waals surface area (Å²) >= 11 is 0. The summed E-state index contributed by atoms with van der Waals surface area (Å²) in [5, 5.41) is 0. The fraction of sp³-hybridized carbons (Fsp3) is 0.786. The van der Waals surface area contributed by atoms with Gasteiger partial charge in [-0.3, -0.25) is 0 Å². The van der Waals surface area contributed by atoms with Gasteiger partial charge in [-0.1, -0.05) is 12.8 Å². The molecule has 4 nitrogen and oxygen atoms in total. The van der Waals surface area contributed by atoms with Gasteiger partial charge in [0.15, 0.2) is 0 Å². The zero-order valence-electron chi connectivity index (χ0n) is 11.2. The number of nitrogen functional groups attached to an aromatic ring is 1. The zero-order chi connectivity index (χ0) is 12.5. The summed E-state index contributed by atoms with van der Waals surface area (Å²) in [5.41, 5.74) is 7.33. The molecule has 2 N–H and O–H groups in total. The summed E-state index contributed by atoms with van der Waals surface area (Å²) in [6.45, 7) is 1.67. The highest BCUT2D eigenvalue weighted by molar-refractivity contribution is 5.41. The lowest BCUT2D eigenvalue weighted by molar-refractivity contribution is 0.0795. The third kappa shape index (κ3) is 2.03. The molecule has 1 aliphatic heterocycles. The fourth-order valence-electron chi connectivity index (χ4n) is 3.36. The van der Waals surface area contributed by atoms with Crippen molar-refractivity contribution in [1.82, 2.24) is 9.55 Å². The third-order valence-electron chi connectivity index (χ3n) is 4.47. The first-order chi connectivity index (χ1) is 8.77. The lowest BCUT2D eigenvalue weighted by Gasteiger charge is -2.20. The van der Waals surface area contributed by atoms with E-state index >= 15 is 0 Å². The summed E-state index contributed by atoms with van der Waals surface area (Å²) in [5.74, 6) is 3.08. The molecular weight excluding hydrogens is 226 g/mol. The van der Waals surface area contributed by atoms with Gasteiger partial charge in [-0.25, -0.2) is 4.98 Å². The Labute approximate surface area is 109 Å². The van der Waals surface area contributed by atoms with Gasteiger partial charge in [-0.05, 0) is 25.7 Å². The second-order valence-electron chi connectivity index (χ2n) is 5.69. The monoisotopic (exact) mass is 249 g/mol. The van der Waals surface area contributed by atoms with Crippen LogP contribution in [0, 0.1) is 0 Å². The van der Waals surface area contributed by atoms with Crippen LogP contribution in [-0.4, -0.2) is 22.8 Å². The van der Waals surface area contributed by atoms with Crippen LogP contribution in [0.2, 0.25) is 0 Å². The van der Waals surface area contributed by atoms with Gasteiger partial charge >= 0.3 is 0 Å². The number of rotatable bonds is 2. The van der Waals surface area contributed by atoms with Crippen molar-refractivity contribution in [1.29, 1.82) is 0 Å². The maximum atomic E-state index is 6.25. The van der Waals surface area contributed by atoms with Crippen LogP contribution in [0.5, 0.6) is 0 Å². The Kier molecular flexibility index (Phi) is 3.29. The van der Waals surface area contributed by atoms with Crippen LogP contribution in [0.3, 0.4) is 0 Å². The smallest absolute Gasteiger partial charge is 0.126 e. The summed E-state index contributed by atoms with van der Waals surface area (Å²) in [6, 6.07) is 0. The van der Waals surface area contributed by atoms with E-state index in [9.17, 15) is 0 Å². The molecule has 100 valence electrons. The average Bonchev–Trinajstić information content (AvgIpc) is 3.01. The van der Waals surface area contributed by atoms with Crippen LogP contribution in [0.1, 0.15) is 61.9 Å². The van der Waals surface area contributed by atoms with Gasteiger partial charge in [-0.2, -0.15) is 0 Å². The molecule has 1 unspecified atom stereocenters. The molecule has 0 bridgehead atoms. The summed E-state index contributed by atoms with van der Waals surface area (Å²) in [7, 11) is 2.06. The molecule has 1 aromatic heterocycles. The Hall–Kier alpha value is -1.03. The van der Waals surface area contributed by atoms with E-state index in [-0.39, 0.29) is 0 Å². The first-order valence-corrected chi connectivity index (χ1v) is 7.17. The van der Waals surface area contributed by atoms with Gasteiger partial charge in [0, 0.05) is 25.5 Å². The van der Waals surface area contributed by atoms with E-state index in [1.807, 2.05) is 0 Å². The number of ether oxygens (including phenoxy) is 1. The van der Waals surface area contributed by atoms with Gasteiger partial charge in [0.1, 0.15) is 11.6 Å². The van der Waals surface area contributed by atoms with E-state index in [1.165, 1.54) is 31.5 Å². The Morgan fingerprint density at radius 2 is 1.89 bits per heavy atom. The standard InChI is InChI=1S/C14H23N3O/c1-17-13(15)12(11-7-4-8-18-9-11)16-14(17)10-5-2-3-6-10/h10-11H,2-9,15H2,1H3. The minimum atomic E-state index is 0.403. The molecule has 0 amide bonds. The third-order valence-corrected chi connectivity index (χ3v) is 4.47. The highest BCUT2D eigenvalue weighted by Gasteiger charge is 2.27. The van der Waals surface area contributed by atoms with E-state index < -0.39 is 0 Å². The number of nitrogens with zero attached hydrogens (tertiary/aromatic N) is 2. The lowest BCUT2D eigenvalue weighted by Crippen LogP contribution is -2.17. The Bertz CT molecular complexity index is 415. The molecule has 0 spiro atoms. The van der Waals surface area contributed by atoms with Gasteiger partial charge in [0.2, 0.25) is 0 Å². The molecule has 1 saturated carbocycles. The van der Waals surface area contributed by atoms with Crippen molar-refractivity contribution in [3.63, 3.8) is 0 Å². The molecule has 1 aliphatic carbocycles. The SMILES string of the molecule is Cn1c(C2CCCC2)nc(C2CCCOC2)c1N. The normalized spacial score (nSPS) is 25.7. The second-order valence-corrected chi connectivity index (χ2v) is 5.69. The molecule has 1 saturated heterocycles. The predicted octanol–water partition coefficient (Wildman–Crippen LogP) is 2.55. The van der Waals surface area contributed by atoms with Crippen molar-refractivity contribution < 1.29 is 4.74 Å². The lowest BCUT2D eigenvalue weighted by atomic mass is 9.98. The van der Waals surface area contributed by atoms with E-state index in [0.29, 0.717) is 11.8 Å². The first-order valence-electron chi connectivity index (χ1n) is 7.17. The number of hydrogen-bond acceptors (Lipinski definition) is 3. The molecule has 4 heteroatoms. The highest BCUT2D eigenvalue weighted by Crippen LogP contribution is 2.37. The number of anilines is 1. The number of imidazole rings is 1. The Balaban J connectivity index is 1.88. The molecule has 0 radical (unpaired) electrons. The van der Waals surface area contributed by atoms with E-state index in [1.54, 1.807) is 0 Å². The van der Waals surface area contributed by atoms with Crippen LogP contribution < -0.4 is 5.73 Å². The molecule has 1 aromatic rings. The van der Waals surface area contributed by atoms with Crippen molar-refractivity contribution >= 4 is 5.82 Å². The van der Waals surface area contributed by atoms with Crippen LogP contribution in [-0.2, 0) is 11.8 Å². The highest BCUT2D eigenvalue weighted by atomic mass is 16.5. The molecular formula is C14H23N3O. The molecule has 18 heavy (non-hydrogen) atoms. The van der Waals surface area contributed by atoms with Crippen molar-refractivity contribution in [2.75, 3.05) is 18.9 Å². The first kappa shape index (κ1) is 12.0. The van der Waals surface area contributed by atoms with E-state index in [0.717, 1.165) is 37.6 Å². The number of nitrogens with two attached hydrogens (primary N) is 1. The largest absolute Gasteiger partial charge is 0.384 e. The van der Waals surface area contributed by atoms with Gasteiger partial charge in [0.25, 0.3) is 0 Å². The molecule has 1 atom stereocenters. The van der Waals surface area contributed by atoms with Crippen molar-refractivity contribution in [3.8, 4) is 0 Å². The minimum Gasteiger partial charge on any atom is -0.384 e. The van der Waals surface area contributed by atoms with Gasteiger partial charge in [-0.15, -0.1) is 0 Å². The fourth-order valence-corrected chi connectivity index (χ4v) is 3.36. The van der Waals surface area contributed by atoms with Crippen LogP contribution in [0.4, 0.5) is 5.82 Å². The topological polar surface area (TPSA) is 53.1 Å². The maximum absolute atomic E-state index is 6.25. The Morgan fingerprint density at radius 3 is 2.56 bits per heavy atom. The van der Waals surface area contributed by atoms with Crippen LogP contribution in [0.25, 0.3) is 0 Å². The van der Waals surface area contributed by atoms with Crippen LogP contribution in [0.15, 0.2) is 0 Å². The summed E-state index contributed by atoms with van der Waals surface area (Å²) in [4.78, 5) is 4.87. The molecule has 2 heterocycles. The second kappa shape index (κ2) is 4.92. The summed E-state index contributed by atoms with van der Waals surface area (Å²) < 4.78 is 7.67. The van der Waals surface area contributed by atoms with E-state index in [2.05, 4.69) is 11.6 Å². The van der Waals surface area contributed by atoms with Gasteiger partial charge < -0.3 is 15.0 Å². The molecule has 2 fully saturated rings. The quantitative estimate of drug-likeness (QED) is 0.876. The number of hydrogen-bond donors (Lipinski definition) is 1. The molecule has 0 aromatic carbocycles. The van der Waals surface area contributed by atoms with Crippen molar-refractivity contribution in [2.24, 2.45) is 7.05 Å². The van der Waals surface area contributed by atoms with Gasteiger partial charge in [0.05, 0.1) is 12.3 Å². The Morgan fingerprint density at radius 1 is 1.17 bits per heavy atom. The average molecular weight is 249 g/mol. The minimum absolute atomic E-state index is 0.403. The van der Waals surface area contributed by atoms with E-state index in [4.69, 9.17) is 15.5 Å². The summed E-state index contributed by atoms with van der Waals surface area (Å²) in [6.07, 6.45) is 7.49. The number of aromatic nitrogens is 2. The maximum Gasteiger partial charge on any atom is 0.126 e. The zero-order valence-corrected chi connectivity index (χ0v) is 11.2. The predicted molar refractivity (Wildman–Crippen MR) is 71.6 cm³/mol. The molecule has 2 aliphatic rings. The van der Waals surface area contributed by atoms with Crippen LogP contribution >= 0.6 is 0 Å². The van der Waals surface area contributed by atoms with Crippen molar-refractivity contribution in [2.45, 2.75) is 50.4 Å². The molecule has 3 rings (SSSR count). The van der Waals surface area contributed by atoms with Crippen molar-refractivity contribution in [3.05, 3.63) is 11.5 Å².